The third-order valence-corrected chi connectivity index (χ3v) is 4.39. The molecule has 96 valence electrons. The van der Waals surface area contributed by atoms with Crippen LogP contribution in [0.3, 0.4) is 0 Å². The second kappa shape index (κ2) is 4.79. The monoisotopic (exact) mass is 289 g/mol. The van der Waals surface area contributed by atoms with Crippen LogP contribution in [0.15, 0.2) is 30.3 Å². The Morgan fingerprint density at radius 2 is 1.84 bits per heavy atom. The van der Waals surface area contributed by atoms with Gasteiger partial charge in [0.25, 0.3) is 0 Å². The van der Waals surface area contributed by atoms with Crippen molar-refractivity contribution in [2.45, 2.75) is 13.8 Å². The van der Waals surface area contributed by atoms with Crippen molar-refractivity contribution in [1.29, 1.82) is 0 Å². The van der Waals surface area contributed by atoms with Crippen molar-refractivity contribution in [1.82, 2.24) is 9.97 Å². The van der Waals surface area contributed by atoms with Crippen LogP contribution >= 0.6 is 22.9 Å². The molecule has 1 N–H and O–H groups in total. The molecule has 5 heteroatoms. The molecule has 0 atom stereocenters. The van der Waals surface area contributed by atoms with E-state index < -0.39 is 0 Å². The molecule has 0 aliphatic carbocycles. The van der Waals surface area contributed by atoms with Crippen LogP contribution in [0.4, 0.5) is 11.6 Å². The molecule has 0 bridgehead atoms. The summed E-state index contributed by atoms with van der Waals surface area (Å²) in [5.74, 6) is 0.532. The summed E-state index contributed by atoms with van der Waals surface area (Å²) in [6.45, 7) is 4.12. The minimum atomic E-state index is 0.505. The maximum Gasteiger partial charge on any atom is 0.230 e. The molecule has 1 aromatic carbocycles. The molecule has 0 spiro atoms. The zero-order valence-corrected chi connectivity index (χ0v) is 12.1. The van der Waals surface area contributed by atoms with Crippen LogP contribution in [0, 0.1) is 13.8 Å². The van der Waals surface area contributed by atoms with Crippen molar-refractivity contribution in [2.24, 2.45) is 0 Å². The van der Waals surface area contributed by atoms with Gasteiger partial charge in [0.1, 0.15) is 9.98 Å². The van der Waals surface area contributed by atoms with Gasteiger partial charge in [0.2, 0.25) is 5.95 Å². The topological polar surface area (TPSA) is 37.8 Å². The lowest BCUT2D eigenvalue weighted by atomic mass is 10.2. The van der Waals surface area contributed by atoms with Gasteiger partial charge in [0, 0.05) is 10.6 Å². The van der Waals surface area contributed by atoms with Gasteiger partial charge in [-0.25, -0.2) is 9.97 Å². The highest BCUT2D eigenvalue weighted by molar-refractivity contribution is 7.18. The maximum atomic E-state index is 6.26. The second-order valence-electron chi connectivity index (χ2n) is 4.29. The lowest BCUT2D eigenvalue weighted by Crippen LogP contribution is -1.97. The Morgan fingerprint density at radius 1 is 1.11 bits per heavy atom. The molecule has 3 aromatic rings. The maximum absolute atomic E-state index is 6.26. The van der Waals surface area contributed by atoms with Crippen molar-refractivity contribution in [2.75, 3.05) is 5.32 Å². The number of fused-ring (bicyclic) bond motifs is 1. The number of anilines is 2. The number of aromatic nitrogens is 2. The molecular weight excluding hydrogens is 278 g/mol. The minimum Gasteiger partial charge on any atom is -0.324 e. The average Bonchev–Trinajstić information content (AvgIpc) is 2.66. The average molecular weight is 290 g/mol. The summed E-state index contributed by atoms with van der Waals surface area (Å²) in [6.07, 6.45) is 0. The number of para-hydroxylation sites is 1. The molecule has 0 radical (unpaired) electrons. The van der Waals surface area contributed by atoms with Gasteiger partial charge in [-0.3, -0.25) is 0 Å². The van der Waals surface area contributed by atoms with E-state index in [9.17, 15) is 0 Å². The number of benzene rings is 1. The summed E-state index contributed by atoms with van der Waals surface area (Å²) in [7, 11) is 0. The largest absolute Gasteiger partial charge is 0.324 e. The number of nitrogens with zero attached hydrogens (tertiary/aromatic N) is 2. The summed E-state index contributed by atoms with van der Waals surface area (Å²) in [4.78, 5) is 11.0. The molecule has 0 aliphatic rings. The summed E-state index contributed by atoms with van der Waals surface area (Å²) in [6, 6.07) is 9.82. The highest BCUT2D eigenvalue weighted by Crippen LogP contribution is 2.34. The fourth-order valence-electron chi connectivity index (χ4n) is 1.91. The Hall–Kier alpha value is -1.65. The summed E-state index contributed by atoms with van der Waals surface area (Å²) in [5.41, 5.74) is 2.11. The Bertz CT molecular complexity index is 737. The van der Waals surface area contributed by atoms with E-state index in [0.717, 1.165) is 21.5 Å². The molecule has 0 saturated carbocycles. The molecule has 2 heterocycles. The number of halogens is 1. The highest BCUT2D eigenvalue weighted by Gasteiger charge is 2.13. The van der Waals surface area contributed by atoms with E-state index in [2.05, 4.69) is 22.2 Å². The van der Waals surface area contributed by atoms with E-state index in [-0.39, 0.29) is 0 Å². The van der Waals surface area contributed by atoms with E-state index in [1.54, 1.807) is 11.3 Å². The van der Waals surface area contributed by atoms with Gasteiger partial charge in [-0.2, -0.15) is 0 Å². The number of thiophene rings is 1. The molecule has 2 aromatic heterocycles. The molecule has 0 aliphatic heterocycles. The Kier molecular flexibility index (Phi) is 3.12. The standard InChI is InChI=1S/C14H12ClN3S/c1-8-9(2)19-13-11(8)12(15)17-14(18-13)16-10-6-4-3-5-7-10/h3-7H,1-2H3,(H,16,17,18). The molecule has 3 nitrogen and oxygen atoms in total. The van der Waals surface area contributed by atoms with Crippen molar-refractivity contribution >= 4 is 44.8 Å². The van der Waals surface area contributed by atoms with Gasteiger partial charge in [0.15, 0.2) is 0 Å². The summed E-state index contributed by atoms with van der Waals surface area (Å²) >= 11 is 7.90. The Labute approximate surface area is 120 Å². The zero-order valence-electron chi connectivity index (χ0n) is 10.6. The van der Waals surface area contributed by atoms with Crippen molar-refractivity contribution in [3.8, 4) is 0 Å². The van der Waals surface area contributed by atoms with Crippen molar-refractivity contribution in [3.05, 3.63) is 45.9 Å². The smallest absolute Gasteiger partial charge is 0.230 e. The van der Waals surface area contributed by atoms with Gasteiger partial charge in [-0.15, -0.1) is 11.3 Å². The predicted octanol–water partition coefficient (Wildman–Crippen LogP) is 4.71. The van der Waals surface area contributed by atoms with E-state index in [4.69, 9.17) is 11.6 Å². The fraction of sp³-hybridized carbons (Fsp3) is 0.143. The lowest BCUT2D eigenvalue weighted by Gasteiger charge is -2.05. The fourth-order valence-corrected chi connectivity index (χ4v) is 3.30. The van der Waals surface area contributed by atoms with Crippen LogP contribution in [0.5, 0.6) is 0 Å². The van der Waals surface area contributed by atoms with E-state index in [0.29, 0.717) is 11.1 Å². The SMILES string of the molecule is Cc1sc2nc(Nc3ccccc3)nc(Cl)c2c1C. The number of rotatable bonds is 2. The predicted molar refractivity (Wildman–Crippen MR) is 81.6 cm³/mol. The van der Waals surface area contributed by atoms with E-state index in [1.165, 1.54) is 4.88 Å². The summed E-state index contributed by atoms with van der Waals surface area (Å²) in [5, 5.41) is 4.63. The third-order valence-electron chi connectivity index (χ3n) is 3.01. The van der Waals surface area contributed by atoms with E-state index >= 15 is 0 Å². The Balaban J connectivity index is 2.06. The molecule has 0 fully saturated rings. The molecule has 3 rings (SSSR count). The quantitative estimate of drug-likeness (QED) is 0.695. The van der Waals surface area contributed by atoms with Crippen molar-refractivity contribution < 1.29 is 0 Å². The Morgan fingerprint density at radius 3 is 2.58 bits per heavy atom. The first kappa shape index (κ1) is 12.4. The molecule has 19 heavy (non-hydrogen) atoms. The van der Waals surface area contributed by atoms with Crippen LogP contribution in [-0.2, 0) is 0 Å². The van der Waals surface area contributed by atoms with Crippen LogP contribution < -0.4 is 5.32 Å². The highest BCUT2D eigenvalue weighted by atomic mass is 35.5. The molecule has 0 amide bonds. The lowest BCUT2D eigenvalue weighted by molar-refractivity contribution is 1.22. The van der Waals surface area contributed by atoms with E-state index in [1.807, 2.05) is 37.3 Å². The number of nitrogens with one attached hydrogen (secondary N) is 1. The van der Waals surface area contributed by atoms with Crippen LogP contribution in [-0.4, -0.2) is 9.97 Å². The number of hydrogen-bond donors (Lipinski definition) is 1. The van der Waals surface area contributed by atoms with Gasteiger partial charge in [0.05, 0.1) is 5.39 Å². The zero-order chi connectivity index (χ0) is 13.4. The van der Waals surface area contributed by atoms with Gasteiger partial charge in [-0.1, -0.05) is 29.8 Å². The van der Waals surface area contributed by atoms with Crippen LogP contribution in [0.1, 0.15) is 10.4 Å². The van der Waals surface area contributed by atoms with Crippen LogP contribution in [0.25, 0.3) is 10.2 Å². The summed E-state index contributed by atoms with van der Waals surface area (Å²) < 4.78 is 0. The van der Waals surface area contributed by atoms with Crippen molar-refractivity contribution in [3.63, 3.8) is 0 Å². The molecular formula is C14H12ClN3S. The number of aryl methyl sites for hydroxylation is 2. The minimum absolute atomic E-state index is 0.505. The van der Waals surface area contributed by atoms with Crippen LogP contribution in [0.2, 0.25) is 5.15 Å². The molecule has 0 saturated heterocycles. The first-order valence-corrected chi connectivity index (χ1v) is 7.10. The normalized spacial score (nSPS) is 10.9. The first-order chi connectivity index (χ1) is 9.15. The van der Waals surface area contributed by atoms with Gasteiger partial charge in [-0.05, 0) is 31.5 Å². The molecule has 0 unspecified atom stereocenters. The second-order valence-corrected chi connectivity index (χ2v) is 5.85. The third kappa shape index (κ3) is 2.29. The van der Waals surface area contributed by atoms with Gasteiger partial charge >= 0.3 is 0 Å². The number of hydrogen-bond acceptors (Lipinski definition) is 4. The van der Waals surface area contributed by atoms with Gasteiger partial charge < -0.3 is 5.32 Å². The first-order valence-electron chi connectivity index (χ1n) is 5.90.